The third kappa shape index (κ3) is 5.41. The average molecular weight is 645 g/mol. The Morgan fingerprint density at radius 2 is 1.79 bits per heavy atom. The molecule has 3 heterocycles. The number of fused-ring (bicyclic) bond motifs is 2. The molecule has 3 atom stereocenters. The zero-order chi connectivity index (χ0) is 29.9. The third-order valence-corrected chi connectivity index (χ3v) is 12.0. The number of amides is 1. The maximum Gasteiger partial charge on any atom is 0.233 e. The molecule has 0 radical (unpaired) electrons. The molecule has 9 nitrogen and oxygen atoms in total. The second-order valence-corrected chi connectivity index (χ2v) is 15.2. The van der Waals surface area contributed by atoms with Crippen LogP contribution in [0.3, 0.4) is 0 Å². The highest BCUT2D eigenvalue weighted by atomic mass is 35.5. The lowest BCUT2D eigenvalue weighted by Gasteiger charge is -2.31. The van der Waals surface area contributed by atoms with E-state index < -0.39 is 26.6 Å². The first-order chi connectivity index (χ1) is 20.7. The lowest BCUT2D eigenvalue weighted by Crippen LogP contribution is -2.43. The molecule has 2 bridgehead atoms. The summed E-state index contributed by atoms with van der Waals surface area (Å²) >= 11 is 13.0. The maximum absolute atomic E-state index is 13.5. The summed E-state index contributed by atoms with van der Waals surface area (Å²) in [6, 6.07) is 8.44. The van der Waals surface area contributed by atoms with Gasteiger partial charge in [0.15, 0.2) is 15.6 Å². The number of carbonyl (C=O) groups is 2. The fourth-order valence-corrected chi connectivity index (χ4v) is 9.26. The molecule has 0 spiro atoms. The number of pyridine rings is 1. The van der Waals surface area contributed by atoms with Crippen LogP contribution in [0.4, 0.5) is 5.69 Å². The van der Waals surface area contributed by atoms with E-state index in [1.54, 1.807) is 29.2 Å². The first-order valence-corrected chi connectivity index (χ1v) is 17.3. The Bertz CT molecular complexity index is 1660. The van der Waals surface area contributed by atoms with Gasteiger partial charge in [0.25, 0.3) is 0 Å². The lowest BCUT2D eigenvalue weighted by atomic mass is 10.0. The van der Waals surface area contributed by atoms with E-state index in [1.807, 2.05) is 0 Å². The van der Waals surface area contributed by atoms with Crippen molar-refractivity contribution in [3.05, 3.63) is 63.6 Å². The van der Waals surface area contributed by atoms with Crippen molar-refractivity contribution in [1.82, 2.24) is 10.1 Å². The fourth-order valence-electron chi connectivity index (χ4n) is 6.88. The van der Waals surface area contributed by atoms with E-state index in [9.17, 15) is 18.0 Å². The van der Waals surface area contributed by atoms with E-state index in [-0.39, 0.29) is 36.3 Å². The van der Waals surface area contributed by atoms with E-state index in [4.69, 9.17) is 32.5 Å². The molecule has 4 aliphatic rings. The van der Waals surface area contributed by atoms with Crippen LogP contribution in [-0.4, -0.2) is 53.4 Å². The minimum atomic E-state index is -3.49. The highest BCUT2D eigenvalue weighted by Crippen LogP contribution is 2.47. The van der Waals surface area contributed by atoms with E-state index in [0.29, 0.717) is 58.6 Å². The molecule has 1 saturated heterocycles. The van der Waals surface area contributed by atoms with Crippen molar-refractivity contribution in [2.45, 2.75) is 81.3 Å². The van der Waals surface area contributed by atoms with Crippen LogP contribution in [0, 0.1) is 5.92 Å². The molecule has 1 amide bonds. The van der Waals surface area contributed by atoms with Gasteiger partial charge in [0, 0.05) is 23.1 Å². The molecule has 0 N–H and O–H groups in total. The third-order valence-electron chi connectivity index (χ3n) is 9.26. The van der Waals surface area contributed by atoms with Crippen molar-refractivity contribution in [1.29, 1.82) is 0 Å². The van der Waals surface area contributed by atoms with Gasteiger partial charge in [0.2, 0.25) is 5.91 Å². The fraction of sp³-hybridized carbons (Fsp3) is 0.484. The highest BCUT2D eigenvalue weighted by molar-refractivity contribution is 7.92. The molecule has 1 aliphatic heterocycles. The van der Waals surface area contributed by atoms with Gasteiger partial charge in [0.05, 0.1) is 45.8 Å². The van der Waals surface area contributed by atoms with Crippen molar-refractivity contribution in [2.24, 2.45) is 5.92 Å². The van der Waals surface area contributed by atoms with Gasteiger partial charge in [-0.2, -0.15) is 0 Å². The topological polar surface area (TPSA) is 120 Å². The normalized spacial score (nSPS) is 23.9. The molecule has 43 heavy (non-hydrogen) atoms. The number of Topliss-reactive ketones (excluding diaryl/α,β-unsaturated/α-hetero) is 1. The highest BCUT2D eigenvalue weighted by Gasteiger charge is 2.52. The van der Waals surface area contributed by atoms with Crippen LogP contribution in [0.5, 0.6) is 0 Å². The number of anilines is 1. The van der Waals surface area contributed by atoms with Crippen molar-refractivity contribution in [3.63, 3.8) is 0 Å². The number of hydrogen-bond acceptors (Lipinski definition) is 8. The van der Waals surface area contributed by atoms with Gasteiger partial charge in [-0.25, -0.2) is 8.42 Å². The lowest BCUT2D eigenvalue weighted by molar-refractivity contribution is -0.126. The molecule has 3 aromatic rings. The number of aromatic nitrogens is 2. The molecule has 0 unspecified atom stereocenters. The summed E-state index contributed by atoms with van der Waals surface area (Å²) in [6.45, 7) is 0.232. The Hall–Kier alpha value is -2.79. The molecular weight excluding hydrogens is 613 g/mol. The van der Waals surface area contributed by atoms with Gasteiger partial charge in [-0.15, -0.1) is 0 Å². The summed E-state index contributed by atoms with van der Waals surface area (Å²) in [6.07, 6.45) is 7.57. The number of ether oxygens (including phenoxy) is 1. The van der Waals surface area contributed by atoms with Crippen molar-refractivity contribution < 1.29 is 27.3 Å². The molecule has 3 saturated carbocycles. The molecule has 4 fully saturated rings. The number of hydrogen-bond donors (Lipinski definition) is 0. The molecule has 12 heteroatoms. The van der Waals surface area contributed by atoms with Gasteiger partial charge < -0.3 is 14.2 Å². The van der Waals surface area contributed by atoms with Gasteiger partial charge in [0.1, 0.15) is 22.9 Å². The number of sulfone groups is 1. The van der Waals surface area contributed by atoms with Gasteiger partial charge in [-0.3, -0.25) is 14.6 Å². The number of carbonyl (C=O) groups excluding carboxylic acids is 2. The van der Waals surface area contributed by atoms with Crippen molar-refractivity contribution in [3.8, 4) is 11.3 Å². The van der Waals surface area contributed by atoms with Crippen LogP contribution in [-0.2, 0) is 26.0 Å². The van der Waals surface area contributed by atoms with Gasteiger partial charge in [-0.1, -0.05) is 47.3 Å². The molecule has 7 rings (SSSR count). The summed E-state index contributed by atoms with van der Waals surface area (Å²) in [5.74, 6) is -0.317. The number of piperidine rings is 1. The maximum atomic E-state index is 13.5. The smallest absolute Gasteiger partial charge is 0.233 e. The number of ketones is 1. The van der Waals surface area contributed by atoms with Crippen molar-refractivity contribution >= 4 is 50.4 Å². The van der Waals surface area contributed by atoms with Crippen molar-refractivity contribution in [2.75, 3.05) is 10.7 Å². The Balaban J connectivity index is 1.02. The van der Waals surface area contributed by atoms with Crippen LogP contribution in [0.15, 0.2) is 41.1 Å². The standard InChI is InChI=1S/C31H31Cl2N3O6S/c32-23-6-3-7-24(33)28(23)29-22(30(42-35-29)17-8-9-17)15-41-27-13-19-12-21(27)31(38)36(19)18-10-11-25(34-14-18)26(37)16-43(39,40)20-4-1-2-5-20/h3,6-7,10-11,14,17,19-21,27H,1-2,4-5,8-9,12-13,15-16H2/t19-,21+,27+/m0/s1. The van der Waals surface area contributed by atoms with Crippen LogP contribution < -0.4 is 4.90 Å². The Labute approximate surface area is 259 Å². The molecule has 226 valence electrons. The van der Waals surface area contributed by atoms with Crippen LogP contribution >= 0.6 is 23.2 Å². The number of benzene rings is 1. The second kappa shape index (κ2) is 11.3. The van der Waals surface area contributed by atoms with Crippen LogP contribution in [0.1, 0.15) is 79.1 Å². The number of rotatable bonds is 10. The summed E-state index contributed by atoms with van der Waals surface area (Å²) < 4.78 is 37.4. The first kappa shape index (κ1) is 29.0. The average Bonchev–Trinajstić information content (AvgIpc) is 3.34. The van der Waals surface area contributed by atoms with Gasteiger partial charge in [-0.05, 0) is 62.8 Å². The predicted octanol–water partition coefficient (Wildman–Crippen LogP) is 6.17. The largest absolute Gasteiger partial charge is 0.372 e. The zero-order valence-electron chi connectivity index (χ0n) is 23.4. The van der Waals surface area contributed by atoms with E-state index in [1.165, 1.54) is 12.3 Å². The minimum absolute atomic E-state index is 0.0481. The number of halogens is 2. The molecular formula is C31H31Cl2N3O6S. The predicted molar refractivity (Wildman–Crippen MR) is 161 cm³/mol. The monoisotopic (exact) mass is 643 g/mol. The Morgan fingerprint density at radius 3 is 2.44 bits per heavy atom. The molecule has 1 aromatic carbocycles. The molecule has 2 aromatic heterocycles. The SMILES string of the molecule is O=C(CS(=O)(=O)C1CCCC1)c1ccc(N2C(=O)[C@@H]3C[C@H]2C[C@H]3OCc2c(-c3c(Cl)cccc3Cl)noc2C2CC2)cn1. The van der Waals surface area contributed by atoms with Crippen LogP contribution in [0.2, 0.25) is 10.0 Å². The van der Waals surface area contributed by atoms with E-state index in [2.05, 4.69) is 10.1 Å². The molecule has 3 aliphatic carbocycles. The summed E-state index contributed by atoms with van der Waals surface area (Å²) in [5.41, 5.74) is 2.70. The minimum Gasteiger partial charge on any atom is -0.372 e. The second-order valence-electron chi connectivity index (χ2n) is 12.1. The summed E-state index contributed by atoms with van der Waals surface area (Å²) in [4.78, 5) is 32.1. The summed E-state index contributed by atoms with van der Waals surface area (Å²) in [5, 5.41) is 4.85. The van der Waals surface area contributed by atoms with Gasteiger partial charge >= 0.3 is 0 Å². The zero-order valence-corrected chi connectivity index (χ0v) is 25.7. The Kier molecular flexibility index (Phi) is 7.60. The quantitative estimate of drug-likeness (QED) is 0.241. The van der Waals surface area contributed by atoms with Crippen LogP contribution in [0.25, 0.3) is 11.3 Å². The number of nitrogens with zero attached hydrogens (tertiary/aromatic N) is 3. The summed E-state index contributed by atoms with van der Waals surface area (Å²) in [7, 11) is -3.49. The van der Waals surface area contributed by atoms with E-state index in [0.717, 1.165) is 37.0 Å². The van der Waals surface area contributed by atoms with E-state index >= 15 is 0 Å². The Morgan fingerprint density at radius 1 is 1.05 bits per heavy atom. The first-order valence-electron chi connectivity index (χ1n) is 14.8.